The average molecular weight is 397 g/mol. The summed E-state index contributed by atoms with van der Waals surface area (Å²) < 4.78 is 5.23. The standard InChI is InChI=1S/C21H23N3O5/c1-14(19(27)23(2)21(13-22)10-6-3-7-11-21)29-17(25)12-24-16-9-5-4-8-15(16)18(26)20(24)28/h4-5,8-9,14H,3,6-7,10-12H2,1-2H3/t14-/m0/s1. The highest BCUT2D eigenvalue weighted by Crippen LogP contribution is 2.33. The van der Waals surface area contributed by atoms with Gasteiger partial charge in [-0.25, -0.2) is 0 Å². The third-order valence-electron chi connectivity index (χ3n) is 5.68. The van der Waals surface area contributed by atoms with E-state index in [1.807, 2.05) is 0 Å². The van der Waals surface area contributed by atoms with Gasteiger partial charge < -0.3 is 9.64 Å². The Kier molecular flexibility index (Phi) is 5.69. The normalized spacial score (nSPS) is 18.6. The monoisotopic (exact) mass is 397 g/mol. The van der Waals surface area contributed by atoms with Gasteiger partial charge in [-0.05, 0) is 31.9 Å². The van der Waals surface area contributed by atoms with Crippen molar-refractivity contribution in [2.45, 2.75) is 50.7 Å². The van der Waals surface area contributed by atoms with Crippen molar-refractivity contribution in [3.63, 3.8) is 0 Å². The van der Waals surface area contributed by atoms with Gasteiger partial charge in [0.05, 0.1) is 17.3 Å². The quantitative estimate of drug-likeness (QED) is 0.554. The van der Waals surface area contributed by atoms with Crippen LogP contribution in [0.5, 0.6) is 0 Å². The molecule has 0 aromatic heterocycles. The van der Waals surface area contributed by atoms with E-state index in [-0.39, 0.29) is 5.56 Å². The molecule has 1 fully saturated rings. The molecule has 3 rings (SSSR count). The van der Waals surface area contributed by atoms with Crippen molar-refractivity contribution in [1.82, 2.24) is 4.90 Å². The molecule has 2 amide bonds. The van der Waals surface area contributed by atoms with Crippen molar-refractivity contribution in [2.75, 3.05) is 18.5 Å². The summed E-state index contributed by atoms with van der Waals surface area (Å²) in [5.74, 6) is -2.74. The highest BCUT2D eigenvalue weighted by molar-refractivity contribution is 6.52. The molecule has 0 N–H and O–H groups in total. The zero-order valence-electron chi connectivity index (χ0n) is 16.5. The van der Waals surface area contributed by atoms with Crippen molar-refractivity contribution in [3.8, 4) is 6.07 Å². The fourth-order valence-corrected chi connectivity index (χ4v) is 3.96. The Morgan fingerprint density at radius 3 is 2.55 bits per heavy atom. The van der Waals surface area contributed by atoms with E-state index in [0.29, 0.717) is 18.5 Å². The molecule has 1 atom stereocenters. The van der Waals surface area contributed by atoms with Crippen LogP contribution >= 0.6 is 0 Å². The predicted molar refractivity (Wildman–Crippen MR) is 103 cm³/mol. The second kappa shape index (κ2) is 8.03. The summed E-state index contributed by atoms with van der Waals surface area (Å²) in [5, 5.41) is 9.63. The number of nitrogens with zero attached hydrogens (tertiary/aromatic N) is 3. The van der Waals surface area contributed by atoms with Crippen molar-refractivity contribution >= 4 is 29.3 Å². The van der Waals surface area contributed by atoms with Crippen LogP contribution in [0.3, 0.4) is 0 Å². The zero-order chi connectivity index (χ0) is 21.2. The molecule has 0 radical (unpaired) electrons. The molecule has 0 spiro atoms. The molecule has 29 heavy (non-hydrogen) atoms. The highest BCUT2D eigenvalue weighted by Gasteiger charge is 2.41. The summed E-state index contributed by atoms with van der Waals surface area (Å²) in [6.45, 7) is 0.974. The molecule has 1 saturated carbocycles. The smallest absolute Gasteiger partial charge is 0.326 e. The number of carbonyl (C=O) groups is 4. The van der Waals surface area contributed by atoms with Crippen LogP contribution in [0.15, 0.2) is 24.3 Å². The number of benzene rings is 1. The SMILES string of the molecule is C[C@H](OC(=O)CN1C(=O)C(=O)c2ccccc21)C(=O)N(C)C1(C#N)CCCCC1. The maximum atomic E-state index is 12.8. The van der Waals surface area contributed by atoms with Crippen molar-refractivity contribution in [3.05, 3.63) is 29.8 Å². The molecule has 8 heteroatoms. The maximum Gasteiger partial charge on any atom is 0.326 e. The Morgan fingerprint density at radius 2 is 1.90 bits per heavy atom. The number of para-hydroxylation sites is 1. The number of amides is 2. The fraction of sp³-hybridized carbons (Fsp3) is 0.476. The molecule has 2 aliphatic rings. The van der Waals surface area contributed by atoms with Crippen LogP contribution < -0.4 is 4.90 Å². The topological polar surface area (TPSA) is 108 Å². The zero-order valence-corrected chi connectivity index (χ0v) is 16.5. The minimum absolute atomic E-state index is 0.238. The van der Waals surface area contributed by atoms with Crippen LogP contribution in [0, 0.1) is 11.3 Å². The third-order valence-corrected chi connectivity index (χ3v) is 5.68. The number of rotatable bonds is 5. The Hall–Kier alpha value is -3.21. The molecule has 8 nitrogen and oxygen atoms in total. The number of nitriles is 1. The maximum absolute atomic E-state index is 12.8. The van der Waals surface area contributed by atoms with E-state index >= 15 is 0 Å². The lowest BCUT2D eigenvalue weighted by Crippen LogP contribution is -2.53. The van der Waals surface area contributed by atoms with E-state index in [9.17, 15) is 24.4 Å². The highest BCUT2D eigenvalue weighted by atomic mass is 16.5. The van der Waals surface area contributed by atoms with E-state index in [1.54, 1.807) is 25.2 Å². The molecule has 0 saturated heterocycles. The molecule has 1 aliphatic carbocycles. The number of Topliss-reactive ketones (excluding diaryl/α,β-unsaturated/α-hetero) is 1. The minimum Gasteiger partial charge on any atom is -0.451 e. The fourth-order valence-electron chi connectivity index (χ4n) is 3.96. The molecule has 1 aliphatic heterocycles. The van der Waals surface area contributed by atoms with Crippen molar-refractivity contribution in [2.24, 2.45) is 0 Å². The van der Waals surface area contributed by atoms with E-state index in [4.69, 9.17) is 4.74 Å². The Balaban J connectivity index is 1.65. The number of anilines is 1. The Bertz CT molecular complexity index is 898. The molecule has 1 aromatic carbocycles. The van der Waals surface area contributed by atoms with Gasteiger partial charge in [0.1, 0.15) is 12.1 Å². The number of likely N-dealkylation sites (N-methyl/N-ethyl adjacent to an activating group) is 1. The van der Waals surface area contributed by atoms with Crippen LogP contribution in [-0.4, -0.2) is 53.7 Å². The van der Waals surface area contributed by atoms with Gasteiger partial charge in [-0.2, -0.15) is 5.26 Å². The van der Waals surface area contributed by atoms with Gasteiger partial charge in [0.15, 0.2) is 6.10 Å². The Morgan fingerprint density at radius 1 is 1.24 bits per heavy atom. The van der Waals surface area contributed by atoms with Gasteiger partial charge in [0, 0.05) is 7.05 Å². The summed E-state index contributed by atoms with van der Waals surface area (Å²) in [7, 11) is 1.56. The molecule has 1 aromatic rings. The third kappa shape index (κ3) is 3.73. The van der Waals surface area contributed by atoms with Crippen LogP contribution in [0.2, 0.25) is 0 Å². The van der Waals surface area contributed by atoms with Crippen LogP contribution in [0.1, 0.15) is 49.4 Å². The van der Waals surface area contributed by atoms with Gasteiger partial charge in [0.25, 0.3) is 17.6 Å². The van der Waals surface area contributed by atoms with Crippen LogP contribution in [0.25, 0.3) is 0 Å². The van der Waals surface area contributed by atoms with E-state index in [1.165, 1.54) is 17.9 Å². The lowest BCUT2D eigenvalue weighted by Gasteiger charge is -2.39. The molecular formula is C21H23N3O5. The van der Waals surface area contributed by atoms with Crippen LogP contribution in [0.4, 0.5) is 5.69 Å². The lowest BCUT2D eigenvalue weighted by atomic mass is 9.81. The summed E-state index contributed by atoms with van der Waals surface area (Å²) in [5.41, 5.74) is -0.296. The predicted octanol–water partition coefficient (Wildman–Crippen LogP) is 1.83. The molecule has 152 valence electrons. The van der Waals surface area contributed by atoms with Crippen molar-refractivity contribution in [1.29, 1.82) is 5.26 Å². The van der Waals surface area contributed by atoms with Gasteiger partial charge >= 0.3 is 5.97 Å². The number of carbonyl (C=O) groups excluding carboxylic acids is 4. The summed E-state index contributed by atoms with van der Waals surface area (Å²) in [6.07, 6.45) is 2.83. The Labute approximate surface area is 169 Å². The largest absolute Gasteiger partial charge is 0.451 e. The first-order valence-corrected chi connectivity index (χ1v) is 9.64. The molecule has 1 heterocycles. The summed E-state index contributed by atoms with van der Waals surface area (Å²) in [4.78, 5) is 51.7. The van der Waals surface area contributed by atoms with Gasteiger partial charge in [0.2, 0.25) is 0 Å². The van der Waals surface area contributed by atoms with Crippen molar-refractivity contribution < 1.29 is 23.9 Å². The average Bonchev–Trinajstić information content (AvgIpc) is 2.98. The number of esters is 1. The molecular weight excluding hydrogens is 374 g/mol. The first-order chi connectivity index (χ1) is 13.8. The van der Waals surface area contributed by atoms with E-state index in [2.05, 4.69) is 6.07 Å². The summed E-state index contributed by atoms with van der Waals surface area (Å²) in [6, 6.07) is 8.66. The number of hydrogen-bond acceptors (Lipinski definition) is 6. The van der Waals surface area contributed by atoms with E-state index in [0.717, 1.165) is 24.2 Å². The lowest BCUT2D eigenvalue weighted by molar-refractivity contribution is -0.160. The second-order valence-corrected chi connectivity index (χ2v) is 7.47. The van der Waals surface area contributed by atoms with Crippen LogP contribution in [-0.2, 0) is 19.1 Å². The molecule has 0 unspecified atom stereocenters. The molecule has 0 bridgehead atoms. The van der Waals surface area contributed by atoms with Gasteiger partial charge in [-0.3, -0.25) is 24.1 Å². The second-order valence-electron chi connectivity index (χ2n) is 7.47. The first-order valence-electron chi connectivity index (χ1n) is 9.64. The first kappa shape index (κ1) is 20.5. The van der Waals surface area contributed by atoms with Gasteiger partial charge in [-0.15, -0.1) is 0 Å². The van der Waals surface area contributed by atoms with E-state index < -0.39 is 41.8 Å². The number of ether oxygens (including phenoxy) is 1. The van der Waals surface area contributed by atoms with Gasteiger partial charge in [-0.1, -0.05) is 31.4 Å². The number of ketones is 1. The minimum atomic E-state index is -1.11. The number of hydrogen-bond donors (Lipinski definition) is 0. The summed E-state index contributed by atoms with van der Waals surface area (Å²) >= 11 is 0. The number of fused-ring (bicyclic) bond motifs is 1.